The SMILES string of the molecule is Cc1ccc(C(C)C)c(OCC(=O)Nc2sc3c(c2C(=O)NC2CCS(=O)(=O)C2)CCC(C)C3)c1. The maximum absolute atomic E-state index is 13.3. The Balaban J connectivity index is 1.51. The van der Waals surface area contributed by atoms with Gasteiger partial charge in [-0.15, -0.1) is 11.3 Å². The summed E-state index contributed by atoms with van der Waals surface area (Å²) < 4.78 is 29.6. The molecule has 1 saturated heterocycles. The van der Waals surface area contributed by atoms with Gasteiger partial charge >= 0.3 is 0 Å². The number of carbonyl (C=O) groups is 2. The van der Waals surface area contributed by atoms with E-state index < -0.39 is 15.9 Å². The van der Waals surface area contributed by atoms with E-state index >= 15 is 0 Å². The van der Waals surface area contributed by atoms with Crippen molar-refractivity contribution in [3.63, 3.8) is 0 Å². The number of rotatable bonds is 7. The summed E-state index contributed by atoms with van der Waals surface area (Å²) in [5, 5.41) is 6.33. The highest BCUT2D eigenvalue weighted by Crippen LogP contribution is 2.40. The summed E-state index contributed by atoms with van der Waals surface area (Å²) in [6.07, 6.45) is 3.03. The summed E-state index contributed by atoms with van der Waals surface area (Å²) in [7, 11) is -3.11. The van der Waals surface area contributed by atoms with Crippen molar-refractivity contribution in [1.82, 2.24) is 5.32 Å². The van der Waals surface area contributed by atoms with E-state index in [1.165, 1.54) is 11.3 Å². The molecule has 0 saturated carbocycles. The summed E-state index contributed by atoms with van der Waals surface area (Å²) in [6, 6.07) is 5.59. The van der Waals surface area contributed by atoms with Crippen LogP contribution in [0.3, 0.4) is 0 Å². The lowest BCUT2D eigenvalue weighted by Crippen LogP contribution is -2.36. The van der Waals surface area contributed by atoms with E-state index in [2.05, 4.69) is 31.4 Å². The van der Waals surface area contributed by atoms with Crippen molar-refractivity contribution in [2.75, 3.05) is 23.4 Å². The zero-order chi connectivity index (χ0) is 25.3. The molecule has 4 rings (SSSR count). The molecule has 2 unspecified atom stereocenters. The number of benzene rings is 1. The molecule has 35 heavy (non-hydrogen) atoms. The molecule has 9 heteroatoms. The summed E-state index contributed by atoms with van der Waals surface area (Å²) in [4.78, 5) is 27.3. The number of anilines is 1. The summed E-state index contributed by atoms with van der Waals surface area (Å²) in [5.41, 5.74) is 3.55. The number of nitrogens with one attached hydrogen (secondary N) is 2. The molecule has 0 spiro atoms. The van der Waals surface area contributed by atoms with Gasteiger partial charge in [-0.05, 0) is 67.2 Å². The van der Waals surface area contributed by atoms with Crippen molar-refractivity contribution in [2.24, 2.45) is 5.92 Å². The first-order chi connectivity index (χ1) is 16.5. The third kappa shape index (κ3) is 6.06. The van der Waals surface area contributed by atoms with E-state index in [-0.39, 0.29) is 35.8 Å². The van der Waals surface area contributed by atoms with Gasteiger partial charge in [-0.2, -0.15) is 0 Å². The van der Waals surface area contributed by atoms with Gasteiger partial charge in [-0.3, -0.25) is 9.59 Å². The first-order valence-electron chi connectivity index (χ1n) is 12.2. The standard InChI is InChI=1S/C26H34N2O5S2/c1-15(2)19-7-5-16(3)11-21(19)33-13-23(29)28-26-24(20-8-6-17(4)12-22(20)34-26)25(30)27-18-9-10-35(31,32)14-18/h5,7,11,15,17-18H,6,8-10,12-14H2,1-4H3,(H,27,30)(H,28,29). The first kappa shape index (κ1) is 25.7. The molecule has 0 bridgehead atoms. The molecule has 190 valence electrons. The second kappa shape index (κ2) is 10.3. The van der Waals surface area contributed by atoms with E-state index in [1.807, 2.05) is 25.1 Å². The van der Waals surface area contributed by atoms with Gasteiger partial charge in [0.15, 0.2) is 16.4 Å². The van der Waals surface area contributed by atoms with Crippen LogP contribution in [0, 0.1) is 12.8 Å². The molecule has 2 atom stereocenters. The van der Waals surface area contributed by atoms with E-state index in [1.54, 1.807) is 0 Å². The van der Waals surface area contributed by atoms with Crippen LogP contribution in [0.1, 0.15) is 71.5 Å². The minimum absolute atomic E-state index is 0.0354. The fourth-order valence-electron chi connectivity index (χ4n) is 4.80. The maximum Gasteiger partial charge on any atom is 0.262 e. The normalized spacial score (nSPS) is 20.9. The highest BCUT2D eigenvalue weighted by molar-refractivity contribution is 7.91. The summed E-state index contributed by atoms with van der Waals surface area (Å²) >= 11 is 1.45. The molecule has 2 aromatic rings. The minimum atomic E-state index is -3.11. The molecule has 2 N–H and O–H groups in total. The van der Waals surface area contributed by atoms with Crippen molar-refractivity contribution < 1.29 is 22.7 Å². The highest BCUT2D eigenvalue weighted by atomic mass is 32.2. The number of amides is 2. The Kier molecular flexibility index (Phi) is 7.57. The Morgan fingerprint density at radius 1 is 1.23 bits per heavy atom. The van der Waals surface area contributed by atoms with Crippen LogP contribution in [0.5, 0.6) is 5.75 Å². The van der Waals surface area contributed by atoms with E-state index in [9.17, 15) is 18.0 Å². The monoisotopic (exact) mass is 518 g/mol. The van der Waals surface area contributed by atoms with Crippen LogP contribution in [0.2, 0.25) is 0 Å². The first-order valence-corrected chi connectivity index (χ1v) is 14.8. The quantitative estimate of drug-likeness (QED) is 0.571. The number of hydrogen-bond acceptors (Lipinski definition) is 6. The number of sulfone groups is 1. The Hall–Kier alpha value is -2.39. The Labute approximate surface area is 211 Å². The Morgan fingerprint density at radius 2 is 2.00 bits per heavy atom. The van der Waals surface area contributed by atoms with Crippen LogP contribution in [-0.2, 0) is 27.5 Å². The number of thiophene rings is 1. The van der Waals surface area contributed by atoms with Crippen LogP contribution in [0.15, 0.2) is 18.2 Å². The van der Waals surface area contributed by atoms with Gasteiger partial charge in [0.2, 0.25) is 0 Å². The minimum Gasteiger partial charge on any atom is -0.483 e. The van der Waals surface area contributed by atoms with Gasteiger partial charge in [0.1, 0.15) is 10.8 Å². The lowest BCUT2D eigenvalue weighted by atomic mass is 9.88. The summed E-state index contributed by atoms with van der Waals surface area (Å²) in [6.45, 7) is 8.16. The molecule has 2 heterocycles. The number of fused-ring (bicyclic) bond motifs is 1. The average molecular weight is 519 g/mol. The molecule has 1 aliphatic heterocycles. The Morgan fingerprint density at radius 3 is 2.69 bits per heavy atom. The maximum atomic E-state index is 13.3. The molecule has 2 amide bonds. The predicted molar refractivity (Wildman–Crippen MR) is 139 cm³/mol. The molecular formula is C26H34N2O5S2. The van der Waals surface area contributed by atoms with Crippen molar-refractivity contribution >= 4 is 38.0 Å². The third-order valence-corrected chi connectivity index (χ3v) is 9.65. The zero-order valence-electron chi connectivity index (χ0n) is 20.8. The van der Waals surface area contributed by atoms with Gasteiger partial charge in [-0.25, -0.2) is 8.42 Å². The second-order valence-corrected chi connectivity index (χ2v) is 13.5. The molecule has 1 fully saturated rings. The van der Waals surface area contributed by atoms with Crippen molar-refractivity contribution in [3.05, 3.63) is 45.3 Å². The zero-order valence-corrected chi connectivity index (χ0v) is 22.4. The van der Waals surface area contributed by atoms with Crippen LogP contribution in [0.4, 0.5) is 5.00 Å². The van der Waals surface area contributed by atoms with E-state index in [0.717, 1.165) is 40.8 Å². The molecule has 1 aliphatic carbocycles. The number of aryl methyl sites for hydroxylation is 1. The number of ether oxygens (including phenoxy) is 1. The fraction of sp³-hybridized carbons (Fsp3) is 0.538. The molecule has 1 aromatic carbocycles. The topological polar surface area (TPSA) is 102 Å². The highest BCUT2D eigenvalue weighted by Gasteiger charge is 2.33. The van der Waals surface area contributed by atoms with Crippen molar-refractivity contribution in [3.8, 4) is 5.75 Å². The smallest absolute Gasteiger partial charge is 0.262 e. The van der Waals surface area contributed by atoms with Gasteiger partial charge in [0.25, 0.3) is 11.8 Å². The average Bonchev–Trinajstić information content (AvgIpc) is 3.29. The van der Waals surface area contributed by atoms with Crippen molar-refractivity contribution in [1.29, 1.82) is 0 Å². The molecular weight excluding hydrogens is 484 g/mol. The van der Waals surface area contributed by atoms with Gasteiger partial charge < -0.3 is 15.4 Å². The Bertz CT molecular complexity index is 1230. The molecule has 0 radical (unpaired) electrons. The van der Waals surface area contributed by atoms with Crippen LogP contribution >= 0.6 is 11.3 Å². The van der Waals surface area contributed by atoms with Crippen LogP contribution in [-0.4, -0.2) is 44.4 Å². The van der Waals surface area contributed by atoms with Crippen LogP contribution in [0.25, 0.3) is 0 Å². The third-order valence-electron chi connectivity index (χ3n) is 6.71. The molecule has 2 aliphatic rings. The van der Waals surface area contributed by atoms with Crippen LogP contribution < -0.4 is 15.4 Å². The van der Waals surface area contributed by atoms with Crippen molar-refractivity contribution in [2.45, 2.75) is 65.3 Å². The lowest BCUT2D eigenvalue weighted by Gasteiger charge is -2.19. The number of carbonyl (C=O) groups excluding carboxylic acids is 2. The fourth-order valence-corrected chi connectivity index (χ4v) is 7.89. The summed E-state index contributed by atoms with van der Waals surface area (Å²) in [5.74, 6) is 0.882. The lowest BCUT2D eigenvalue weighted by molar-refractivity contribution is -0.118. The number of hydrogen-bond donors (Lipinski definition) is 2. The predicted octanol–water partition coefficient (Wildman–Crippen LogP) is 4.24. The second-order valence-electron chi connectivity index (χ2n) is 10.2. The largest absolute Gasteiger partial charge is 0.483 e. The van der Waals surface area contributed by atoms with E-state index in [4.69, 9.17) is 4.74 Å². The molecule has 1 aromatic heterocycles. The van der Waals surface area contributed by atoms with Gasteiger partial charge in [0, 0.05) is 10.9 Å². The molecule has 7 nitrogen and oxygen atoms in total. The van der Waals surface area contributed by atoms with Gasteiger partial charge in [0.05, 0.1) is 17.1 Å². The van der Waals surface area contributed by atoms with Gasteiger partial charge in [-0.1, -0.05) is 32.9 Å². The van der Waals surface area contributed by atoms with E-state index in [0.29, 0.717) is 28.7 Å².